The fourth-order valence-corrected chi connectivity index (χ4v) is 1.58. The average Bonchev–Trinajstić information content (AvgIpc) is 1.98. The van der Waals surface area contributed by atoms with E-state index >= 15 is 0 Å². The molecule has 88 valence electrons. The fourth-order valence-electron chi connectivity index (χ4n) is 1.58. The molecule has 0 aromatic carbocycles. The molecule has 0 saturated heterocycles. The molecule has 0 aromatic rings. The highest BCUT2D eigenvalue weighted by atomic mass is 16.3. The Labute approximate surface area is 92.3 Å². The number of carbonyl (C=O) groups is 1. The first-order chi connectivity index (χ1) is 6.91. The van der Waals surface area contributed by atoms with Crippen LogP contribution in [0.5, 0.6) is 0 Å². The first-order valence-electron chi connectivity index (χ1n) is 5.87. The Hall–Kier alpha value is -0.570. The van der Waals surface area contributed by atoms with Crippen LogP contribution in [0, 0.1) is 11.3 Å². The zero-order chi connectivity index (χ0) is 11.5. The molecular weight excluding hydrogens is 190 g/mol. The molecule has 0 aromatic heterocycles. The van der Waals surface area contributed by atoms with Crippen LogP contribution in [-0.4, -0.2) is 23.7 Å². The fraction of sp³-hybridized carbons (Fsp3) is 0.917. The Morgan fingerprint density at radius 3 is 2.47 bits per heavy atom. The van der Waals surface area contributed by atoms with Gasteiger partial charge in [-0.1, -0.05) is 27.2 Å². The summed E-state index contributed by atoms with van der Waals surface area (Å²) >= 11 is 0. The van der Waals surface area contributed by atoms with Crippen molar-refractivity contribution in [3.63, 3.8) is 0 Å². The van der Waals surface area contributed by atoms with Gasteiger partial charge in [-0.25, -0.2) is 0 Å². The zero-order valence-electron chi connectivity index (χ0n) is 10.0. The van der Waals surface area contributed by atoms with Crippen molar-refractivity contribution in [2.75, 3.05) is 6.54 Å². The third-order valence-electron chi connectivity index (χ3n) is 3.19. The predicted molar refractivity (Wildman–Crippen MR) is 60.4 cm³/mol. The van der Waals surface area contributed by atoms with Gasteiger partial charge in [0.05, 0.1) is 6.10 Å². The van der Waals surface area contributed by atoms with Gasteiger partial charge in [0.1, 0.15) is 0 Å². The van der Waals surface area contributed by atoms with Crippen molar-refractivity contribution in [2.45, 2.75) is 52.6 Å². The average molecular weight is 213 g/mol. The van der Waals surface area contributed by atoms with Crippen LogP contribution in [0.2, 0.25) is 0 Å². The summed E-state index contributed by atoms with van der Waals surface area (Å²) in [5, 5.41) is 12.6. The minimum atomic E-state index is -0.348. The number of aliphatic hydroxyl groups excluding tert-OH is 1. The highest BCUT2D eigenvalue weighted by Crippen LogP contribution is 2.26. The minimum absolute atomic E-state index is 0.0960. The number of hydrogen-bond acceptors (Lipinski definition) is 2. The molecule has 0 unspecified atom stereocenters. The Kier molecular flexibility index (Phi) is 4.14. The van der Waals surface area contributed by atoms with E-state index in [0.29, 0.717) is 13.0 Å². The molecule has 1 saturated carbocycles. The van der Waals surface area contributed by atoms with E-state index in [1.807, 2.05) is 20.8 Å². The van der Waals surface area contributed by atoms with Crippen LogP contribution >= 0.6 is 0 Å². The summed E-state index contributed by atoms with van der Waals surface area (Å²) in [6, 6.07) is 0. The smallest absolute Gasteiger partial charge is 0.223 e. The van der Waals surface area contributed by atoms with Gasteiger partial charge in [-0.05, 0) is 24.7 Å². The van der Waals surface area contributed by atoms with Crippen LogP contribution in [0.25, 0.3) is 0 Å². The van der Waals surface area contributed by atoms with Gasteiger partial charge < -0.3 is 10.4 Å². The van der Waals surface area contributed by atoms with Crippen LogP contribution in [0.1, 0.15) is 46.5 Å². The van der Waals surface area contributed by atoms with Crippen LogP contribution in [0.15, 0.2) is 0 Å². The van der Waals surface area contributed by atoms with E-state index < -0.39 is 0 Å². The number of carbonyl (C=O) groups excluding carboxylic acids is 1. The lowest BCUT2D eigenvalue weighted by atomic mass is 9.84. The number of rotatable bonds is 4. The summed E-state index contributed by atoms with van der Waals surface area (Å²) < 4.78 is 0. The van der Waals surface area contributed by atoms with E-state index in [1.165, 1.54) is 6.42 Å². The first-order valence-corrected chi connectivity index (χ1v) is 5.87. The van der Waals surface area contributed by atoms with E-state index in [4.69, 9.17) is 0 Å². The summed E-state index contributed by atoms with van der Waals surface area (Å²) in [4.78, 5) is 11.5. The summed E-state index contributed by atoms with van der Waals surface area (Å²) in [5.74, 6) is 0.416. The molecule has 0 bridgehead atoms. The second-order valence-electron chi connectivity index (χ2n) is 5.59. The first kappa shape index (κ1) is 12.5. The van der Waals surface area contributed by atoms with Gasteiger partial charge in [-0.15, -0.1) is 0 Å². The second kappa shape index (κ2) is 4.97. The SMILES string of the molecule is CC(C)(C)[C@H](O)CCNC(=O)C1CCC1. The largest absolute Gasteiger partial charge is 0.393 e. The molecule has 1 atom stereocenters. The lowest BCUT2D eigenvalue weighted by Crippen LogP contribution is -2.37. The van der Waals surface area contributed by atoms with Crippen molar-refractivity contribution in [1.29, 1.82) is 0 Å². The summed E-state index contributed by atoms with van der Waals surface area (Å²) in [5.41, 5.74) is -0.0960. The van der Waals surface area contributed by atoms with Gasteiger partial charge in [0.2, 0.25) is 5.91 Å². The molecular formula is C12H23NO2. The maximum absolute atomic E-state index is 11.5. The van der Waals surface area contributed by atoms with Crippen molar-refractivity contribution >= 4 is 5.91 Å². The molecule has 1 aliphatic rings. The highest BCUT2D eigenvalue weighted by molar-refractivity contribution is 5.79. The van der Waals surface area contributed by atoms with Gasteiger partial charge in [-0.2, -0.15) is 0 Å². The minimum Gasteiger partial charge on any atom is -0.393 e. The number of nitrogens with one attached hydrogen (secondary N) is 1. The highest BCUT2D eigenvalue weighted by Gasteiger charge is 2.26. The van der Waals surface area contributed by atoms with Crippen molar-refractivity contribution in [2.24, 2.45) is 11.3 Å². The maximum Gasteiger partial charge on any atom is 0.223 e. The molecule has 0 aliphatic heterocycles. The predicted octanol–water partition coefficient (Wildman–Crippen LogP) is 1.70. The van der Waals surface area contributed by atoms with Crippen LogP contribution < -0.4 is 5.32 Å². The van der Waals surface area contributed by atoms with E-state index in [-0.39, 0.29) is 23.3 Å². The lowest BCUT2D eigenvalue weighted by molar-refractivity contribution is -0.127. The summed E-state index contributed by atoms with van der Waals surface area (Å²) in [6.45, 7) is 6.61. The monoisotopic (exact) mass is 213 g/mol. The molecule has 1 rings (SSSR count). The van der Waals surface area contributed by atoms with Crippen molar-refractivity contribution in [1.82, 2.24) is 5.32 Å². The molecule has 1 aliphatic carbocycles. The molecule has 1 fully saturated rings. The number of hydrogen-bond donors (Lipinski definition) is 2. The molecule has 3 heteroatoms. The van der Waals surface area contributed by atoms with Crippen molar-refractivity contribution in [3.05, 3.63) is 0 Å². The topological polar surface area (TPSA) is 49.3 Å². The third-order valence-corrected chi connectivity index (χ3v) is 3.19. The standard InChI is InChI=1S/C12H23NO2/c1-12(2,3)10(14)7-8-13-11(15)9-5-4-6-9/h9-10,14H,4-8H2,1-3H3,(H,13,15)/t10-/m1/s1. The number of aliphatic hydroxyl groups is 1. The zero-order valence-corrected chi connectivity index (χ0v) is 10.0. The molecule has 2 N–H and O–H groups in total. The molecule has 1 amide bonds. The van der Waals surface area contributed by atoms with E-state index in [0.717, 1.165) is 12.8 Å². The molecule has 3 nitrogen and oxygen atoms in total. The maximum atomic E-state index is 11.5. The van der Waals surface area contributed by atoms with Gasteiger partial charge in [0.15, 0.2) is 0 Å². The normalized spacial score (nSPS) is 19.5. The summed E-state index contributed by atoms with van der Waals surface area (Å²) in [7, 11) is 0. The Bertz CT molecular complexity index is 216. The quantitative estimate of drug-likeness (QED) is 0.746. The van der Waals surface area contributed by atoms with Gasteiger partial charge >= 0.3 is 0 Å². The van der Waals surface area contributed by atoms with Crippen molar-refractivity contribution in [3.8, 4) is 0 Å². The molecule has 15 heavy (non-hydrogen) atoms. The molecule has 0 spiro atoms. The van der Waals surface area contributed by atoms with Crippen LogP contribution in [0.3, 0.4) is 0 Å². The second-order valence-corrected chi connectivity index (χ2v) is 5.59. The number of amides is 1. The van der Waals surface area contributed by atoms with Crippen molar-refractivity contribution < 1.29 is 9.90 Å². The lowest BCUT2D eigenvalue weighted by Gasteiger charge is -2.27. The summed E-state index contributed by atoms with van der Waals surface area (Å²) in [6.07, 6.45) is 3.55. The van der Waals surface area contributed by atoms with Gasteiger partial charge in [0.25, 0.3) is 0 Å². The Morgan fingerprint density at radius 1 is 1.47 bits per heavy atom. The Morgan fingerprint density at radius 2 is 2.07 bits per heavy atom. The van der Waals surface area contributed by atoms with E-state index in [2.05, 4.69) is 5.32 Å². The van der Waals surface area contributed by atoms with Gasteiger partial charge in [-0.3, -0.25) is 4.79 Å². The Balaban J connectivity index is 2.12. The van der Waals surface area contributed by atoms with Crippen LogP contribution in [-0.2, 0) is 4.79 Å². The van der Waals surface area contributed by atoms with Crippen LogP contribution in [0.4, 0.5) is 0 Å². The van der Waals surface area contributed by atoms with E-state index in [1.54, 1.807) is 0 Å². The van der Waals surface area contributed by atoms with E-state index in [9.17, 15) is 9.90 Å². The molecule has 0 radical (unpaired) electrons. The molecule has 0 heterocycles. The third kappa shape index (κ3) is 3.82. The van der Waals surface area contributed by atoms with Gasteiger partial charge in [0, 0.05) is 12.5 Å².